The van der Waals surface area contributed by atoms with Crippen molar-refractivity contribution in [2.24, 2.45) is 0 Å². The first-order chi connectivity index (χ1) is 25.3. The molecule has 3 nitrogen and oxygen atoms in total. The van der Waals surface area contributed by atoms with Crippen molar-refractivity contribution in [2.45, 2.75) is 41.5 Å². The Morgan fingerprint density at radius 3 is 1.67 bits per heavy atom. The monoisotopic (exact) mass is 671 g/mol. The van der Waals surface area contributed by atoms with Crippen molar-refractivity contribution >= 4 is 61.8 Å². The summed E-state index contributed by atoms with van der Waals surface area (Å²) in [5.74, 6) is 0.764. The minimum atomic E-state index is 0.0469. The molecule has 8 rings (SSSR count). The molecule has 4 heteroatoms. The van der Waals surface area contributed by atoms with E-state index in [1.807, 2.05) is 6.20 Å². The van der Waals surface area contributed by atoms with Gasteiger partial charge in [0.15, 0.2) is 5.82 Å². The fraction of sp³-hybridized carbons (Fsp3) is 0.125. The predicted octanol–water partition coefficient (Wildman–Crippen LogP) is 10.3. The Hall–Kier alpha value is -6.00. The summed E-state index contributed by atoms with van der Waals surface area (Å²) in [4.78, 5) is 11.8. The van der Waals surface area contributed by atoms with E-state index in [0.717, 1.165) is 33.7 Å². The van der Waals surface area contributed by atoms with Gasteiger partial charge < -0.3 is 0 Å². The highest BCUT2D eigenvalue weighted by molar-refractivity contribution is 6.98. The van der Waals surface area contributed by atoms with E-state index in [9.17, 15) is 0 Å². The maximum atomic E-state index is 4.93. The van der Waals surface area contributed by atoms with Crippen LogP contribution in [-0.2, 0) is 0 Å². The van der Waals surface area contributed by atoms with Crippen LogP contribution in [0, 0.1) is 41.5 Å². The number of hydrogen-bond donors (Lipinski definition) is 0. The summed E-state index contributed by atoms with van der Waals surface area (Å²) in [5.41, 5.74) is 16.3. The quantitative estimate of drug-likeness (QED) is 0.158. The second-order valence-corrected chi connectivity index (χ2v) is 14.2. The van der Waals surface area contributed by atoms with Gasteiger partial charge in [0.2, 0.25) is 6.71 Å². The molecular formula is C48H42BN3. The SMILES string of the molecule is Cc1cc(C)c(B(c2c(C)cc(C)cc2C)c2ccc(N(c3cnccn3)c3ccc4ccccc4c3-c3ccccc3)c3ccccc23)c(C)c1. The van der Waals surface area contributed by atoms with Crippen molar-refractivity contribution in [1.29, 1.82) is 0 Å². The molecule has 0 spiro atoms. The van der Waals surface area contributed by atoms with E-state index in [1.54, 1.807) is 12.4 Å². The molecule has 0 atom stereocenters. The van der Waals surface area contributed by atoms with Crippen LogP contribution in [0.3, 0.4) is 0 Å². The highest BCUT2D eigenvalue weighted by atomic mass is 15.2. The van der Waals surface area contributed by atoms with E-state index < -0.39 is 0 Å². The van der Waals surface area contributed by atoms with Crippen LogP contribution in [0.15, 0.2) is 146 Å². The number of fused-ring (bicyclic) bond motifs is 2. The number of nitrogens with zero attached hydrogens (tertiary/aromatic N) is 3. The summed E-state index contributed by atoms with van der Waals surface area (Å²) in [6, 6.07) is 46.7. The molecular weight excluding hydrogens is 629 g/mol. The second kappa shape index (κ2) is 13.6. The first-order valence-corrected chi connectivity index (χ1v) is 18.1. The molecule has 1 heterocycles. The largest absolute Gasteiger partial charge is 0.292 e. The van der Waals surface area contributed by atoms with Crippen LogP contribution in [0.1, 0.15) is 33.4 Å². The Balaban J connectivity index is 1.45. The number of benzene rings is 7. The average molecular weight is 672 g/mol. The van der Waals surface area contributed by atoms with E-state index >= 15 is 0 Å². The van der Waals surface area contributed by atoms with Crippen molar-refractivity contribution in [2.75, 3.05) is 4.90 Å². The van der Waals surface area contributed by atoms with E-state index in [2.05, 4.69) is 179 Å². The zero-order chi connectivity index (χ0) is 35.9. The number of aromatic nitrogens is 2. The Morgan fingerprint density at radius 1 is 0.500 bits per heavy atom. The lowest BCUT2D eigenvalue weighted by Crippen LogP contribution is -2.56. The van der Waals surface area contributed by atoms with Gasteiger partial charge in [-0.15, -0.1) is 0 Å². The smallest absolute Gasteiger partial charge is 0.243 e. The maximum absolute atomic E-state index is 4.93. The standard InChI is InChI=1S/C48H42BN3/c1-31-26-33(3)47(34(4)27-31)49(48-35(5)28-32(2)29-36(48)6)42-21-23-43(41-19-13-12-18-40(41)42)52(45-30-50-24-25-51-45)44-22-20-37-14-10-11-17-39(37)46(44)38-15-8-7-9-16-38/h7-30H,1-6H3. The van der Waals surface area contributed by atoms with Crippen molar-refractivity contribution in [3.8, 4) is 11.1 Å². The van der Waals surface area contributed by atoms with Crippen LogP contribution < -0.4 is 21.3 Å². The maximum Gasteiger partial charge on any atom is 0.243 e. The van der Waals surface area contributed by atoms with Crippen molar-refractivity contribution in [1.82, 2.24) is 9.97 Å². The van der Waals surface area contributed by atoms with Crippen molar-refractivity contribution in [3.05, 3.63) is 179 Å². The minimum absolute atomic E-state index is 0.0469. The molecule has 1 aromatic heterocycles. The van der Waals surface area contributed by atoms with Crippen LogP contribution >= 0.6 is 0 Å². The van der Waals surface area contributed by atoms with Crippen molar-refractivity contribution in [3.63, 3.8) is 0 Å². The summed E-state index contributed by atoms with van der Waals surface area (Å²) in [5, 5.41) is 4.77. The highest BCUT2D eigenvalue weighted by Gasteiger charge is 2.31. The van der Waals surface area contributed by atoms with Crippen LogP contribution in [0.4, 0.5) is 17.2 Å². The fourth-order valence-electron chi connectivity index (χ4n) is 8.64. The van der Waals surface area contributed by atoms with E-state index in [4.69, 9.17) is 4.98 Å². The Labute approximate surface area is 307 Å². The summed E-state index contributed by atoms with van der Waals surface area (Å²) in [7, 11) is 0. The molecule has 0 N–H and O–H groups in total. The van der Waals surface area contributed by atoms with Gasteiger partial charge in [-0.25, -0.2) is 4.98 Å². The van der Waals surface area contributed by atoms with E-state index in [0.29, 0.717) is 0 Å². The van der Waals surface area contributed by atoms with Gasteiger partial charge in [0, 0.05) is 23.3 Å². The van der Waals surface area contributed by atoms with Crippen LogP contribution in [0.2, 0.25) is 0 Å². The van der Waals surface area contributed by atoms with Gasteiger partial charge in [-0.3, -0.25) is 9.88 Å². The lowest BCUT2D eigenvalue weighted by atomic mass is 9.33. The molecule has 8 aromatic rings. The third kappa shape index (κ3) is 5.84. The third-order valence-electron chi connectivity index (χ3n) is 10.5. The van der Waals surface area contributed by atoms with Gasteiger partial charge in [-0.2, -0.15) is 0 Å². The predicted molar refractivity (Wildman–Crippen MR) is 223 cm³/mol. The van der Waals surface area contributed by atoms with Gasteiger partial charge in [0.05, 0.1) is 17.6 Å². The third-order valence-corrected chi connectivity index (χ3v) is 10.5. The Bertz CT molecular complexity index is 2490. The van der Waals surface area contributed by atoms with Crippen LogP contribution in [0.5, 0.6) is 0 Å². The molecule has 0 aliphatic heterocycles. The Morgan fingerprint density at radius 2 is 1.06 bits per heavy atom. The molecule has 0 aliphatic carbocycles. The zero-order valence-electron chi connectivity index (χ0n) is 30.8. The molecule has 0 fully saturated rings. The Kier molecular flexibility index (Phi) is 8.68. The van der Waals surface area contributed by atoms with Crippen molar-refractivity contribution < 1.29 is 0 Å². The second-order valence-electron chi connectivity index (χ2n) is 14.2. The average Bonchev–Trinajstić information content (AvgIpc) is 3.14. The molecule has 7 aromatic carbocycles. The van der Waals surface area contributed by atoms with Crippen LogP contribution in [0.25, 0.3) is 32.7 Å². The van der Waals surface area contributed by atoms with Gasteiger partial charge in [-0.05, 0) is 75.4 Å². The lowest BCUT2D eigenvalue weighted by Gasteiger charge is -2.30. The summed E-state index contributed by atoms with van der Waals surface area (Å²) in [6.45, 7) is 13.5. The van der Waals surface area contributed by atoms with Gasteiger partial charge >= 0.3 is 0 Å². The fourth-order valence-corrected chi connectivity index (χ4v) is 8.64. The molecule has 0 saturated heterocycles. The molecule has 0 unspecified atom stereocenters. The highest BCUT2D eigenvalue weighted by Crippen LogP contribution is 2.45. The van der Waals surface area contributed by atoms with Gasteiger partial charge in [-0.1, -0.05) is 165 Å². The van der Waals surface area contributed by atoms with E-state index in [-0.39, 0.29) is 6.71 Å². The zero-order valence-corrected chi connectivity index (χ0v) is 30.8. The molecule has 0 bridgehead atoms. The normalized spacial score (nSPS) is 11.3. The molecule has 52 heavy (non-hydrogen) atoms. The number of aryl methyl sites for hydroxylation is 6. The number of anilines is 3. The molecule has 0 saturated carbocycles. The minimum Gasteiger partial charge on any atom is -0.292 e. The summed E-state index contributed by atoms with van der Waals surface area (Å²) in [6.07, 6.45) is 5.39. The molecule has 0 amide bonds. The van der Waals surface area contributed by atoms with Gasteiger partial charge in [0.25, 0.3) is 0 Å². The first kappa shape index (κ1) is 33.2. The molecule has 252 valence electrons. The lowest BCUT2D eigenvalue weighted by molar-refractivity contribution is 1.13. The summed E-state index contributed by atoms with van der Waals surface area (Å²) < 4.78 is 0. The molecule has 0 radical (unpaired) electrons. The summed E-state index contributed by atoms with van der Waals surface area (Å²) >= 11 is 0. The van der Waals surface area contributed by atoms with Crippen LogP contribution in [-0.4, -0.2) is 16.7 Å². The van der Waals surface area contributed by atoms with Gasteiger partial charge in [0.1, 0.15) is 0 Å². The first-order valence-electron chi connectivity index (χ1n) is 18.1. The number of rotatable bonds is 7. The molecule has 0 aliphatic rings. The number of hydrogen-bond acceptors (Lipinski definition) is 3. The topological polar surface area (TPSA) is 29.0 Å². The van der Waals surface area contributed by atoms with E-state index in [1.165, 1.54) is 65.9 Å².